The van der Waals surface area contributed by atoms with Crippen LogP contribution < -0.4 is 15.4 Å². The molecule has 1 heterocycles. The molecule has 0 aliphatic carbocycles. The summed E-state index contributed by atoms with van der Waals surface area (Å²) in [6, 6.07) is 20.3. The summed E-state index contributed by atoms with van der Waals surface area (Å²) in [7, 11) is 0. The zero-order valence-corrected chi connectivity index (χ0v) is 22.6. The number of nitrogens with one attached hydrogen (secondary N) is 2. The lowest BCUT2D eigenvalue weighted by Gasteiger charge is -2.12. The molecule has 202 valence electrons. The monoisotopic (exact) mass is 547 g/mol. The lowest BCUT2D eigenvalue weighted by molar-refractivity contribution is -0.113. The van der Waals surface area contributed by atoms with Crippen LogP contribution in [0, 0.1) is 12.7 Å². The van der Waals surface area contributed by atoms with Gasteiger partial charge in [0.15, 0.2) is 11.0 Å². The zero-order chi connectivity index (χ0) is 27.6. The van der Waals surface area contributed by atoms with Crippen molar-refractivity contribution in [1.82, 2.24) is 20.1 Å². The molecule has 0 saturated carbocycles. The van der Waals surface area contributed by atoms with E-state index in [2.05, 4.69) is 27.8 Å². The van der Waals surface area contributed by atoms with Crippen LogP contribution in [0.4, 0.5) is 10.1 Å². The maximum absolute atomic E-state index is 13.6. The highest BCUT2D eigenvalue weighted by atomic mass is 32.2. The van der Waals surface area contributed by atoms with Crippen molar-refractivity contribution in [1.29, 1.82) is 0 Å². The van der Waals surface area contributed by atoms with E-state index >= 15 is 0 Å². The van der Waals surface area contributed by atoms with Crippen LogP contribution in [0.25, 0.3) is 5.69 Å². The molecule has 8 nitrogen and oxygen atoms in total. The fraction of sp³-hybridized carbons (Fsp3) is 0.241. The number of halogens is 1. The molecular weight excluding hydrogens is 517 g/mol. The summed E-state index contributed by atoms with van der Waals surface area (Å²) in [6.45, 7) is 4.76. The number of benzene rings is 3. The highest BCUT2D eigenvalue weighted by Gasteiger charge is 2.17. The quantitative estimate of drug-likeness (QED) is 0.178. The number of carbonyl (C=O) groups is 2. The molecule has 4 rings (SSSR count). The van der Waals surface area contributed by atoms with Crippen LogP contribution in [0.5, 0.6) is 5.75 Å². The van der Waals surface area contributed by atoms with Gasteiger partial charge in [0, 0.05) is 16.9 Å². The molecule has 2 amide bonds. The Balaban J connectivity index is 1.44. The van der Waals surface area contributed by atoms with E-state index in [-0.39, 0.29) is 29.9 Å². The van der Waals surface area contributed by atoms with Gasteiger partial charge in [0.25, 0.3) is 5.91 Å². The standard InChI is InChI=1S/C29H30FN5O3S/c1-3-4-16-38-25-14-8-21(9-15-25)28(37)31-18-26-33-34-29(35(26)24-12-10-22(30)11-13-24)39-19-27(36)32-23-7-5-6-20(2)17-23/h5-15,17H,3-4,16,18-19H2,1-2H3,(H,31,37)(H,32,36). The van der Waals surface area contributed by atoms with Crippen LogP contribution in [0.3, 0.4) is 0 Å². The summed E-state index contributed by atoms with van der Waals surface area (Å²) in [5, 5.41) is 14.7. The van der Waals surface area contributed by atoms with E-state index in [1.165, 1.54) is 23.9 Å². The number of anilines is 1. The third kappa shape index (κ3) is 7.90. The largest absolute Gasteiger partial charge is 0.494 e. The van der Waals surface area contributed by atoms with Crippen molar-refractivity contribution in [3.05, 3.63) is 95.6 Å². The van der Waals surface area contributed by atoms with Crippen molar-refractivity contribution in [2.24, 2.45) is 0 Å². The van der Waals surface area contributed by atoms with E-state index in [4.69, 9.17) is 4.74 Å². The van der Waals surface area contributed by atoms with Crippen molar-refractivity contribution < 1.29 is 18.7 Å². The molecule has 0 fully saturated rings. The topological polar surface area (TPSA) is 98.1 Å². The van der Waals surface area contributed by atoms with Crippen LogP contribution in [-0.2, 0) is 11.3 Å². The molecular formula is C29H30FN5O3S. The number of hydrogen-bond acceptors (Lipinski definition) is 6. The first-order valence-corrected chi connectivity index (χ1v) is 13.6. The number of ether oxygens (including phenoxy) is 1. The van der Waals surface area contributed by atoms with Crippen molar-refractivity contribution in [2.75, 3.05) is 17.7 Å². The minimum Gasteiger partial charge on any atom is -0.494 e. The molecule has 3 aromatic carbocycles. The Morgan fingerprint density at radius 3 is 2.51 bits per heavy atom. The molecule has 0 bridgehead atoms. The first kappa shape index (κ1) is 27.8. The average molecular weight is 548 g/mol. The fourth-order valence-corrected chi connectivity index (χ4v) is 4.48. The molecule has 39 heavy (non-hydrogen) atoms. The molecule has 0 unspecified atom stereocenters. The van der Waals surface area contributed by atoms with Gasteiger partial charge in [-0.25, -0.2) is 4.39 Å². The minimum atomic E-state index is -0.379. The molecule has 0 spiro atoms. The van der Waals surface area contributed by atoms with Gasteiger partial charge >= 0.3 is 0 Å². The lowest BCUT2D eigenvalue weighted by atomic mass is 10.2. The van der Waals surface area contributed by atoms with E-state index in [9.17, 15) is 14.0 Å². The predicted octanol–water partition coefficient (Wildman–Crippen LogP) is 5.55. The Morgan fingerprint density at radius 2 is 1.79 bits per heavy atom. The summed E-state index contributed by atoms with van der Waals surface area (Å²) >= 11 is 1.20. The van der Waals surface area contributed by atoms with Gasteiger partial charge < -0.3 is 15.4 Å². The van der Waals surface area contributed by atoms with Crippen LogP contribution in [0.1, 0.15) is 41.5 Å². The van der Waals surface area contributed by atoms with Crippen molar-refractivity contribution in [3.8, 4) is 11.4 Å². The Labute approximate surface area is 231 Å². The molecule has 0 aliphatic heterocycles. The molecule has 0 saturated heterocycles. The summed E-state index contributed by atoms with van der Waals surface area (Å²) in [5.74, 6) is 0.384. The average Bonchev–Trinajstić information content (AvgIpc) is 3.34. The number of carbonyl (C=O) groups excluding carboxylic acids is 2. The number of hydrogen-bond donors (Lipinski definition) is 2. The zero-order valence-electron chi connectivity index (χ0n) is 21.8. The van der Waals surface area contributed by atoms with E-state index in [0.717, 1.165) is 18.4 Å². The van der Waals surface area contributed by atoms with Gasteiger partial charge in [-0.1, -0.05) is 37.2 Å². The van der Waals surface area contributed by atoms with Crippen molar-refractivity contribution in [3.63, 3.8) is 0 Å². The Kier molecular flexibility index (Phi) is 9.69. The van der Waals surface area contributed by atoms with E-state index in [0.29, 0.717) is 40.3 Å². The fourth-order valence-electron chi connectivity index (χ4n) is 3.71. The number of aryl methyl sites for hydroxylation is 1. The summed E-state index contributed by atoms with van der Waals surface area (Å²) < 4.78 is 21.0. The highest BCUT2D eigenvalue weighted by molar-refractivity contribution is 7.99. The molecule has 0 atom stereocenters. The second-order valence-electron chi connectivity index (χ2n) is 8.83. The minimum absolute atomic E-state index is 0.0774. The number of thioether (sulfide) groups is 1. The number of nitrogens with zero attached hydrogens (tertiary/aromatic N) is 3. The third-order valence-corrected chi connectivity index (χ3v) is 6.64. The summed E-state index contributed by atoms with van der Waals surface area (Å²) in [6.07, 6.45) is 2.01. The van der Waals surface area contributed by atoms with E-state index in [1.807, 2.05) is 31.2 Å². The van der Waals surface area contributed by atoms with Crippen LogP contribution in [-0.4, -0.2) is 38.9 Å². The number of rotatable bonds is 12. The molecule has 1 aromatic heterocycles. The van der Waals surface area contributed by atoms with Gasteiger partial charge in [-0.15, -0.1) is 10.2 Å². The first-order chi connectivity index (χ1) is 18.9. The smallest absolute Gasteiger partial charge is 0.251 e. The van der Waals surface area contributed by atoms with Crippen molar-refractivity contribution >= 4 is 29.3 Å². The maximum atomic E-state index is 13.6. The Morgan fingerprint density at radius 1 is 1.03 bits per heavy atom. The van der Waals surface area contributed by atoms with Gasteiger partial charge in [0.05, 0.1) is 18.9 Å². The van der Waals surface area contributed by atoms with Gasteiger partial charge in [0.2, 0.25) is 5.91 Å². The highest BCUT2D eigenvalue weighted by Crippen LogP contribution is 2.23. The van der Waals surface area contributed by atoms with Gasteiger partial charge in [-0.3, -0.25) is 14.2 Å². The number of amides is 2. The number of unbranched alkanes of at least 4 members (excludes halogenated alkanes) is 1. The van der Waals surface area contributed by atoms with Crippen molar-refractivity contribution in [2.45, 2.75) is 38.4 Å². The number of aromatic nitrogens is 3. The molecule has 0 radical (unpaired) electrons. The van der Waals surface area contributed by atoms with Crippen LogP contribution in [0.15, 0.2) is 78.0 Å². The molecule has 0 aliphatic rings. The van der Waals surface area contributed by atoms with E-state index in [1.54, 1.807) is 41.0 Å². The SMILES string of the molecule is CCCCOc1ccc(C(=O)NCc2nnc(SCC(=O)Nc3cccc(C)c3)n2-c2ccc(F)cc2)cc1. The normalized spacial score (nSPS) is 10.7. The van der Waals surface area contributed by atoms with Crippen LogP contribution >= 0.6 is 11.8 Å². The lowest BCUT2D eigenvalue weighted by Crippen LogP contribution is -2.24. The first-order valence-electron chi connectivity index (χ1n) is 12.6. The van der Waals surface area contributed by atoms with E-state index < -0.39 is 0 Å². The second kappa shape index (κ2) is 13.6. The predicted molar refractivity (Wildman–Crippen MR) is 150 cm³/mol. The van der Waals surface area contributed by atoms with Gasteiger partial charge in [0.1, 0.15) is 11.6 Å². The molecule has 2 N–H and O–H groups in total. The summed E-state index contributed by atoms with van der Waals surface area (Å²) in [5.41, 5.74) is 2.85. The van der Waals surface area contributed by atoms with Gasteiger partial charge in [-0.05, 0) is 79.6 Å². The molecule has 4 aromatic rings. The maximum Gasteiger partial charge on any atom is 0.251 e. The second-order valence-corrected chi connectivity index (χ2v) is 9.77. The van der Waals surface area contributed by atoms with Gasteiger partial charge in [-0.2, -0.15) is 0 Å². The summed E-state index contributed by atoms with van der Waals surface area (Å²) in [4.78, 5) is 25.3. The van der Waals surface area contributed by atoms with Crippen LogP contribution in [0.2, 0.25) is 0 Å². The third-order valence-electron chi connectivity index (χ3n) is 5.71. The molecule has 10 heteroatoms. The Hall–Kier alpha value is -4.18. The Bertz CT molecular complexity index is 1410.